The number of carbonyl (C=O) groups is 5. The Balaban J connectivity index is 1.16. The Hall–Kier alpha value is -5.56. The molecular formula is C31H30FN8O8S2+. The van der Waals surface area contributed by atoms with Crippen molar-refractivity contribution in [2.75, 3.05) is 36.6 Å². The fraction of sp³-hybridized carbons (Fsp3) is 0.290. The van der Waals surface area contributed by atoms with Gasteiger partial charge in [0.25, 0.3) is 11.8 Å². The number of thioether (sulfide) groups is 1. The van der Waals surface area contributed by atoms with Crippen molar-refractivity contribution in [1.82, 2.24) is 20.5 Å². The number of nitrogens with one attached hydrogen (secondary N) is 2. The lowest BCUT2D eigenvalue weighted by molar-refractivity contribution is -0.688. The van der Waals surface area contributed by atoms with Crippen LogP contribution in [0.4, 0.5) is 20.0 Å². The van der Waals surface area contributed by atoms with Crippen molar-refractivity contribution in [1.29, 1.82) is 0 Å². The molecule has 3 aliphatic rings. The summed E-state index contributed by atoms with van der Waals surface area (Å²) in [6.45, 7) is 1.72. The molecule has 5 heterocycles. The van der Waals surface area contributed by atoms with Crippen LogP contribution in [0.25, 0.3) is 11.1 Å². The van der Waals surface area contributed by atoms with Gasteiger partial charge in [-0.2, -0.15) is 0 Å². The van der Waals surface area contributed by atoms with Crippen molar-refractivity contribution in [2.24, 2.45) is 5.16 Å². The van der Waals surface area contributed by atoms with E-state index in [0.717, 1.165) is 16.2 Å². The number of amides is 4. The SMILES string of the molecule is CO/N=C(\C(=O)N[C@@H]1C(=O)N2C(C(=O)O)=C(C[n+]3cccc(-c4ccc(N5C[C@H](CNC(C)=O)OC5=O)cc4F)c3)CSC12)c1csc(N)n1. The van der Waals surface area contributed by atoms with Gasteiger partial charge >= 0.3 is 12.1 Å². The van der Waals surface area contributed by atoms with E-state index >= 15 is 4.39 Å². The molecule has 0 spiro atoms. The summed E-state index contributed by atoms with van der Waals surface area (Å²) in [5.74, 6) is -3.27. The van der Waals surface area contributed by atoms with Crippen LogP contribution in [0.3, 0.4) is 0 Å². The number of carboxylic acid groups (broad SMARTS) is 1. The second-order valence-electron chi connectivity index (χ2n) is 11.3. The monoisotopic (exact) mass is 725 g/mol. The lowest BCUT2D eigenvalue weighted by Gasteiger charge is -2.49. The number of pyridine rings is 1. The van der Waals surface area contributed by atoms with Gasteiger partial charge in [0, 0.05) is 40.8 Å². The molecule has 5 N–H and O–H groups in total. The van der Waals surface area contributed by atoms with Crippen molar-refractivity contribution < 1.29 is 47.6 Å². The number of carbonyl (C=O) groups excluding carboxylic acids is 4. The van der Waals surface area contributed by atoms with Gasteiger partial charge in [-0.25, -0.2) is 23.5 Å². The third-order valence-electron chi connectivity index (χ3n) is 7.96. The number of thiazole rings is 1. The zero-order chi connectivity index (χ0) is 35.7. The van der Waals surface area contributed by atoms with Crippen LogP contribution < -0.4 is 25.8 Å². The highest BCUT2D eigenvalue weighted by atomic mass is 32.2. The van der Waals surface area contributed by atoms with Crippen molar-refractivity contribution in [3.05, 3.63) is 70.9 Å². The maximum atomic E-state index is 15.5. The Morgan fingerprint density at radius 3 is 2.76 bits per heavy atom. The number of aromatic nitrogens is 2. The zero-order valence-corrected chi connectivity index (χ0v) is 28.1. The molecule has 1 aromatic carbocycles. The van der Waals surface area contributed by atoms with Crippen LogP contribution in [-0.4, -0.2) is 94.0 Å². The minimum atomic E-state index is -1.30. The fourth-order valence-electron chi connectivity index (χ4n) is 5.71. The van der Waals surface area contributed by atoms with Crippen molar-refractivity contribution >= 4 is 69.4 Å². The molecule has 19 heteroatoms. The number of anilines is 2. The van der Waals surface area contributed by atoms with Gasteiger partial charge in [0.05, 0.1) is 18.8 Å². The second kappa shape index (κ2) is 14.1. The van der Waals surface area contributed by atoms with E-state index in [2.05, 4.69) is 20.8 Å². The van der Waals surface area contributed by atoms with Crippen LogP contribution in [0.2, 0.25) is 0 Å². The summed E-state index contributed by atoms with van der Waals surface area (Å²) in [5.41, 5.74) is 6.93. The summed E-state index contributed by atoms with van der Waals surface area (Å²) in [7, 11) is 1.25. The predicted octanol–water partition coefficient (Wildman–Crippen LogP) is 1.07. The number of hydrogen-bond acceptors (Lipinski definition) is 12. The van der Waals surface area contributed by atoms with Crippen LogP contribution in [-0.2, 0) is 35.3 Å². The maximum absolute atomic E-state index is 15.5. The largest absolute Gasteiger partial charge is 0.477 e. The number of carboxylic acids is 1. The lowest BCUT2D eigenvalue weighted by atomic mass is 10.0. The van der Waals surface area contributed by atoms with E-state index < -0.39 is 47.2 Å². The summed E-state index contributed by atoms with van der Waals surface area (Å²) in [6.07, 6.45) is 2.12. The van der Waals surface area contributed by atoms with Gasteiger partial charge < -0.3 is 31.0 Å². The first-order valence-corrected chi connectivity index (χ1v) is 16.9. The molecule has 0 aliphatic carbocycles. The van der Waals surface area contributed by atoms with E-state index in [1.54, 1.807) is 35.2 Å². The molecule has 0 radical (unpaired) electrons. The summed E-state index contributed by atoms with van der Waals surface area (Å²) >= 11 is 2.39. The number of rotatable bonds is 11. The maximum Gasteiger partial charge on any atom is 0.414 e. The molecule has 2 aromatic heterocycles. The average Bonchev–Trinajstić information content (AvgIpc) is 3.69. The Kier molecular flexibility index (Phi) is 9.69. The van der Waals surface area contributed by atoms with Gasteiger partial charge in [-0.3, -0.25) is 24.2 Å². The smallest absolute Gasteiger partial charge is 0.414 e. The summed E-state index contributed by atoms with van der Waals surface area (Å²) in [6, 6.07) is 6.69. The number of nitrogen functional groups attached to an aromatic ring is 1. The summed E-state index contributed by atoms with van der Waals surface area (Å²) in [5, 5.41) is 20.1. The number of halogens is 1. The molecule has 2 fully saturated rings. The van der Waals surface area contributed by atoms with E-state index in [1.807, 2.05) is 0 Å². The first kappa shape index (κ1) is 34.3. The molecule has 0 bridgehead atoms. The average molecular weight is 726 g/mol. The minimum absolute atomic E-state index is 0.0842. The molecule has 16 nitrogen and oxygen atoms in total. The molecule has 6 rings (SSSR count). The summed E-state index contributed by atoms with van der Waals surface area (Å²) < 4.78 is 22.4. The first-order valence-electron chi connectivity index (χ1n) is 15.0. The molecule has 4 amide bonds. The van der Waals surface area contributed by atoms with Crippen LogP contribution in [0.1, 0.15) is 12.6 Å². The number of oxime groups is 1. The molecule has 50 heavy (non-hydrogen) atoms. The molecule has 3 aliphatic heterocycles. The highest BCUT2D eigenvalue weighted by Crippen LogP contribution is 2.40. The van der Waals surface area contributed by atoms with E-state index in [4.69, 9.17) is 15.3 Å². The minimum Gasteiger partial charge on any atom is -0.477 e. The lowest BCUT2D eigenvalue weighted by Crippen LogP contribution is -2.71. The molecule has 3 atom stereocenters. The number of hydrogen-bond donors (Lipinski definition) is 4. The third kappa shape index (κ3) is 6.81. The molecule has 0 saturated carbocycles. The van der Waals surface area contributed by atoms with Gasteiger partial charge in [0.2, 0.25) is 5.91 Å². The second-order valence-corrected chi connectivity index (χ2v) is 13.3. The standard InChI is InChI=1S/C31H29FN8O8S2/c1-15(41)34-9-19-12-39(31(46)48-19)18-5-6-20(21(32)8-18)16-4-3-7-38(10-16)11-17-13-49-28-24(27(43)40(28)25(17)29(44)45)36-26(42)23(37-47-2)22-14-50-30(33)35-22/h3-8,10,14,19,24,28H,9,11-13H2,1-2H3,(H4-,33,34,35,36,41,42,44,45)/p+1/b37-23-/t19-,24+,28?/m0/s1. The van der Waals surface area contributed by atoms with Crippen LogP contribution >= 0.6 is 23.1 Å². The molecule has 3 aromatic rings. The Morgan fingerprint density at radius 1 is 1.28 bits per heavy atom. The number of benzene rings is 1. The van der Waals surface area contributed by atoms with Gasteiger partial charge in [0.1, 0.15) is 41.8 Å². The molecule has 2 saturated heterocycles. The molecule has 1 unspecified atom stereocenters. The van der Waals surface area contributed by atoms with Gasteiger partial charge in [-0.05, 0) is 24.3 Å². The van der Waals surface area contributed by atoms with Crippen LogP contribution in [0.5, 0.6) is 0 Å². The number of aliphatic carboxylic acids is 1. The number of nitrogens with two attached hydrogens (primary N) is 1. The van der Waals surface area contributed by atoms with Gasteiger partial charge in [-0.15, -0.1) is 23.1 Å². The number of cyclic esters (lactones) is 1. The van der Waals surface area contributed by atoms with E-state index in [0.29, 0.717) is 16.8 Å². The van der Waals surface area contributed by atoms with E-state index in [-0.39, 0.29) is 59.1 Å². The highest BCUT2D eigenvalue weighted by Gasteiger charge is 2.55. The van der Waals surface area contributed by atoms with Crippen molar-refractivity contribution in [2.45, 2.75) is 31.0 Å². The Bertz CT molecular complexity index is 1970. The van der Waals surface area contributed by atoms with Crippen LogP contribution in [0, 0.1) is 5.82 Å². The molecular weight excluding hydrogens is 696 g/mol. The van der Waals surface area contributed by atoms with Crippen molar-refractivity contribution in [3.63, 3.8) is 0 Å². The topological polar surface area (TPSA) is 210 Å². The fourth-order valence-corrected chi connectivity index (χ4v) is 7.59. The normalized spacial score (nSPS) is 20.2. The highest BCUT2D eigenvalue weighted by molar-refractivity contribution is 8.00. The Morgan fingerprint density at radius 2 is 2.08 bits per heavy atom. The zero-order valence-electron chi connectivity index (χ0n) is 26.5. The number of fused-ring (bicyclic) bond motifs is 1. The predicted molar refractivity (Wildman–Crippen MR) is 178 cm³/mol. The number of ether oxygens (including phenoxy) is 1. The van der Waals surface area contributed by atoms with E-state index in [1.165, 1.54) is 48.2 Å². The number of nitrogens with zero attached hydrogens (tertiary/aromatic N) is 5. The number of β-lactam (4-membered cyclic amide) rings is 1. The molecule has 260 valence electrons. The third-order valence-corrected chi connectivity index (χ3v) is 9.97. The van der Waals surface area contributed by atoms with Gasteiger partial charge in [-0.1, -0.05) is 5.16 Å². The first-order chi connectivity index (χ1) is 23.9. The summed E-state index contributed by atoms with van der Waals surface area (Å²) in [4.78, 5) is 73.6. The Labute approximate surface area is 291 Å². The quantitative estimate of drug-likeness (QED) is 0.0951. The van der Waals surface area contributed by atoms with Gasteiger partial charge in [0.15, 0.2) is 29.8 Å². The van der Waals surface area contributed by atoms with Crippen LogP contribution in [0.15, 0.2) is 64.5 Å². The van der Waals surface area contributed by atoms with Crippen molar-refractivity contribution in [3.8, 4) is 11.1 Å². The van der Waals surface area contributed by atoms with E-state index in [9.17, 15) is 29.1 Å².